The van der Waals surface area contributed by atoms with Crippen LogP contribution in [0.3, 0.4) is 0 Å². The Morgan fingerprint density at radius 3 is 2.70 bits per heavy atom. The zero-order valence-electron chi connectivity index (χ0n) is 12.3. The topological polar surface area (TPSA) is 39.1 Å². The molecule has 108 valence electrons. The SMILES string of the molecule is CNC(Cc1cc(Cl)ccc1OC)c1cc(C)nn1C. The lowest BCUT2D eigenvalue weighted by molar-refractivity contribution is 0.405. The summed E-state index contributed by atoms with van der Waals surface area (Å²) in [6.45, 7) is 2.00. The highest BCUT2D eigenvalue weighted by Crippen LogP contribution is 2.27. The molecule has 0 spiro atoms. The van der Waals surface area contributed by atoms with Crippen LogP contribution in [0.4, 0.5) is 0 Å². The van der Waals surface area contributed by atoms with E-state index in [0.29, 0.717) is 0 Å². The molecule has 1 aromatic carbocycles. The maximum Gasteiger partial charge on any atom is 0.122 e. The fourth-order valence-corrected chi connectivity index (χ4v) is 2.63. The smallest absolute Gasteiger partial charge is 0.122 e. The van der Waals surface area contributed by atoms with Gasteiger partial charge in [-0.05, 0) is 50.2 Å². The highest BCUT2D eigenvalue weighted by molar-refractivity contribution is 6.30. The summed E-state index contributed by atoms with van der Waals surface area (Å²) in [6, 6.07) is 7.95. The van der Waals surface area contributed by atoms with Crippen molar-refractivity contribution in [1.82, 2.24) is 15.1 Å². The summed E-state index contributed by atoms with van der Waals surface area (Å²) in [5.74, 6) is 0.855. The predicted molar refractivity (Wildman–Crippen MR) is 81.5 cm³/mol. The second-order valence-electron chi connectivity index (χ2n) is 4.84. The largest absolute Gasteiger partial charge is 0.496 e. The second kappa shape index (κ2) is 6.29. The number of ether oxygens (including phenoxy) is 1. The minimum atomic E-state index is 0.161. The molecule has 1 aromatic heterocycles. The lowest BCUT2D eigenvalue weighted by atomic mass is 10.0. The first-order valence-electron chi connectivity index (χ1n) is 6.55. The summed E-state index contributed by atoms with van der Waals surface area (Å²) in [5, 5.41) is 8.45. The number of aromatic nitrogens is 2. The Bertz CT molecular complexity index is 595. The van der Waals surface area contributed by atoms with Gasteiger partial charge in [-0.25, -0.2) is 0 Å². The molecular formula is C15H20ClN3O. The van der Waals surface area contributed by atoms with Crippen molar-refractivity contribution in [3.63, 3.8) is 0 Å². The molecule has 1 N–H and O–H groups in total. The third kappa shape index (κ3) is 3.14. The second-order valence-corrected chi connectivity index (χ2v) is 5.27. The number of nitrogens with zero attached hydrogens (tertiary/aromatic N) is 2. The Morgan fingerprint density at radius 2 is 2.15 bits per heavy atom. The molecule has 0 saturated carbocycles. The molecular weight excluding hydrogens is 274 g/mol. The first-order chi connectivity index (χ1) is 9.55. The van der Waals surface area contributed by atoms with E-state index in [0.717, 1.165) is 34.1 Å². The van der Waals surface area contributed by atoms with E-state index in [1.54, 1.807) is 7.11 Å². The third-order valence-electron chi connectivity index (χ3n) is 3.41. The van der Waals surface area contributed by atoms with E-state index in [1.807, 2.05) is 43.9 Å². The highest BCUT2D eigenvalue weighted by atomic mass is 35.5. The molecule has 1 atom stereocenters. The number of aryl methyl sites for hydroxylation is 2. The van der Waals surface area contributed by atoms with E-state index < -0.39 is 0 Å². The highest BCUT2D eigenvalue weighted by Gasteiger charge is 2.17. The van der Waals surface area contributed by atoms with Crippen LogP contribution in [0.5, 0.6) is 5.75 Å². The van der Waals surface area contributed by atoms with Gasteiger partial charge in [-0.1, -0.05) is 11.6 Å². The van der Waals surface area contributed by atoms with Crippen LogP contribution in [-0.4, -0.2) is 23.9 Å². The van der Waals surface area contributed by atoms with Crippen molar-refractivity contribution in [2.45, 2.75) is 19.4 Å². The van der Waals surface area contributed by atoms with E-state index in [1.165, 1.54) is 0 Å². The van der Waals surface area contributed by atoms with Crippen LogP contribution in [0, 0.1) is 6.92 Å². The molecule has 0 aliphatic heterocycles. The third-order valence-corrected chi connectivity index (χ3v) is 3.65. The lowest BCUT2D eigenvalue weighted by Crippen LogP contribution is -2.21. The normalized spacial score (nSPS) is 12.4. The maximum absolute atomic E-state index is 6.09. The predicted octanol–water partition coefficient (Wildman–Crippen LogP) is 2.89. The van der Waals surface area contributed by atoms with Crippen LogP contribution in [0.2, 0.25) is 5.02 Å². The Morgan fingerprint density at radius 1 is 1.40 bits per heavy atom. The summed E-state index contributed by atoms with van der Waals surface area (Å²) >= 11 is 6.09. The number of methoxy groups -OCH3 is 1. The zero-order valence-corrected chi connectivity index (χ0v) is 13.0. The summed E-state index contributed by atoms with van der Waals surface area (Å²) in [5.41, 5.74) is 3.24. The first-order valence-corrected chi connectivity index (χ1v) is 6.93. The van der Waals surface area contributed by atoms with Crippen LogP contribution in [0.15, 0.2) is 24.3 Å². The number of hydrogen-bond acceptors (Lipinski definition) is 3. The Hall–Kier alpha value is -1.52. The molecule has 0 aliphatic carbocycles. The summed E-state index contributed by atoms with van der Waals surface area (Å²) < 4.78 is 7.32. The average Bonchev–Trinajstić information content (AvgIpc) is 2.75. The Kier molecular flexibility index (Phi) is 4.68. The van der Waals surface area contributed by atoms with Crippen molar-refractivity contribution >= 4 is 11.6 Å². The summed E-state index contributed by atoms with van der Waals surface area (Å²) in [6.07, 6.45) is 0.791. The molecule has 2 aromatic rings. The molecule has 1 heterocycles. The molecule has 0 amide bonds. The molecule has 5 heteroatoms. The van der Waals surface area contributed by atoms with Crippen molar-refractivity contribution in [3.05, 3.63) is 46.2 Å². The maximum atomic E-state index is 6.09. The standard InChI is InChI=1S/C15H20ClN3O/c1-10-7-14(19(3)18-10)13(17-2)9-11-8-12(16)5-6-15(11)20-4/h5-8,13,17H,9H2,1-4H3. The number of benzene rings is 1. The van der Waals surface area contributed by atoms with Gasteiger partial charge in [-0.3, -0.25) is 4.68 Å². The minimum absolute atomic E-state index is 0.161. The van der Waals surface area contributed by atoms with Crippen LogP contribution < -0.4 is 10.1 Å². The summed E-state index contributed by atoms with van der Waals surface area (Å²) in [7, 11) is 5.58. The van der Waals surface area contributed by atoms with Gasteiger partial charge in [0.2, 0.25) is 0 Å². The molecule has 0 aliphatic rings. The number of halogens is 1. The van der Waals surface area contributed by atoms with Gasteiger partial charge in [0.25, 0.3) is 0 Å². The van der Waals surface area contributed by atoms with E-state index in [-0.39, 0.29) is 6.04 Å². The molecule has 1 unspecified atom stereocenters. The molecule has 0 saturated heterocycles. The van der Waals surface area contributed by atoms with Gasteiger partial charge in [0, 0.05) is 12.1 Å². The Balaban J connectivity index is 2.31. The van der Waals surface area contributed by atoms with Crippen LogP contribution >= 0.6 is 11.6 Å². The number of nitrogens with one attached hydrogen (secondary N) is 1. The molecule has 0 fully saturated rings. The molecule has 0 bridgehead atoms. The van der Waals surface area contributed by atoms with Gasteiger partial charge in [0.1, 0.15) is 5.75 Å². The minimum Gasteiger partial charge on any atom is -0.496 e. The van der Waals surface area contributed by atoms with E-state index in [4.69, 9.17) is 16.3 Å². The average molecular weight is 294 g/mol. The fourth-order valence-electron chi connectivity index (χ4n) is 2.44. The van der Waals surface area contributed by atoms with Gasteiger partial charge in [0.15, 0.2) is 0 Å². The first kappa shape index (κ1) is 14.9. The molecule has 20 heavy (non-hydrogen) atoms. The van der Waals surface area contributed by atoms with Crippen LogP contribution in [0.25, 0.3) is 0 Å². The van der Waals surface area contributed by atoms with E-state index >= 15 is 0 Å². The van der Waals surface area contributed by atoms with Gasteiger partial charge in [-0.2, -0.15) is 5.10 Å². The van der Waals surface area contributed by atoms with Crippen LogP contribution in [-0.2, 0) is 13.5 Å². The van der Waals surface area contributed by atoms with Crippen molar-refractivity contribution < 1.29 is 4.74 Å². The summed E-state index contributed by atoms with van der Waals surface area (Å²) in [4.78, 5) is 0. The van der Waals surface area contributed by atoms with Crippen LogP contribution in [0.1, 0.15) is 23.0 Å². The van der Waals surface area contributed by atoms with E-state index in [2.05, 4.69) is 16.5 Å². The molecule has 0 radical (unpaired) electrons. The van der Waals surface area contributed by atoms with Crippen molar-refractivity contribution in [3.8, 4) is 5.75 Å². The molecule has 4 nitrogen and oxygen atoms in total. The zero-order chi connectivity index (χ0) is 14.7. The molecule has 2 rings (SSSR count). The number of likely N-dealkylation sites (N-methyl/N-ethyl adjacent to an activating group) is 1. The van der Waals surface area contributed by atoms with Crippen molar-refractivity contribution in [1.29, 1.82) is 0 Å². The fraction of sp³-hybridized carbons (Fsp3) is 0.400. The number of hydrogen-bond donors (Lipinski definition) is 1. The van der Waals surface area contributed by atoms with Gasteiger partial charge in [-0.15, -0.1) is 0 Å². The van der Waals surface area contributed by atoms with Gasteiger partial charge in [0.05, 0.1) is 24.5 Å². The lowest BCUT2D eigenvalue weighted by Gasteiger charge is -2.18. The Labute approximate surface area is 124 Å². The van der Waals surface area contributed by atoms with Crippen molar-refractivity contribution in [2.75, 3.05) is 14.2 Å². The van der Waals surface area contributed by atoms with Gasteiger partial charge >= 0.3 is 0 Å². The van der Waals surface area contributed by atoms with Gasteiger partial charge < -0.3 is 10.1 Å². The monoisotopic (exact) mass is 293 g/mol. The van der Waals surface area contributed by atoms with E-state index in [9.17, 15) is 0 Å². The quantitative estimate of drug-likeness (QED) is 0.921. The van der Waals surface area contributed by atoms with Crippen molar-refractivity contribution in [2.24, 2.45) is 7.05 Å². The number of rotatable bonds is 5.